The predicted molar refractivity (Wildman–Crippen MR) is 52.9 cm³/mol. The Bertz CT molecular complexity index is 332. The van der Waals surface area contributed by atoms with Gasteiger partial charge in [-0.1, -0.05) is 20.8 Å². The molecule has 0 amide bonds. The van der Waals surface area contributed by atoms with E-state index < -0.39 is 25.2 Å². The van der Waals surface area contributed by atoms with Crippen molar-refractivity contribution in [2.24, 2.45) is 11.3 Å². The highest BCUT2D eigenvalue weighted by atomic mass is 35.7. The third-order valence-corrected chi connectivity index (χ3v) is 5.10. The molecule has 0 spiro atoms. The van der Waals surface area contributed by atoms with Crippen molar-refractivity contribution < 1.29 is 18.0 Å². The summed E-state index contributed by atoms with van der Waals surface area (Å²) < 4.78 is 20.8. The predicted octanol–water partition coefficient (Wildman–Crippen LogP) is 0.777. The number of rotatable bonds is 2. The van der Waals surface area contributed by atoms with Crippen LogP contribution in [0.1, 0.15) is 27.7 Å². The zero-order chi connectivity index (χ0) is 11.8. The molecule has 0 rings (SSSR count). The monoisotopic (exact) mass is 243 g/mol. The average molecular weight is 244 g/mol. The Labute approximate surface area is 87.9 Å². The molecular weight excluding hydrogens is 230 g/mol. The van der Waals surface area contributed by atoms with Crippen molar-refractivity contribution >= 4 is 25.7 Å². The molecule has 5 nitrogen and oxygen atoms in total. The lowest BCUT2D eigenvalue weighted by Gasteiger charge is -2.35. The van der Waals surface area contributed by atoms with Crippen LogP contribution in [0.3, 0.4) is 0 Å². The van der Waals surface area contributed by atoms with E-state index in [0.717, 1.165) is 0 Å². The second-order valence-electron chi connectivity index (χ2n) is 4.13. The Balaban J connectivity index is 5.66. The third-order valence-electron chi connectivity index (χ3n) is 2.42. The molecule has 0 aliphatic rings. The summed E-state index contributed by atoms with van der Waals surface area (Å²) in [5, 5.41) is 0. The van der Waals surface area contributed by atoms with Crippen molar-refractivity contribution in [3.63, 3.8) is 0 Å². The molecule has 0 aromatic carbocycles. The van der Waals surface area contributed by atoms with Crippen LogP contribution in [0.25, 0.3) is 0 Å². The highest BCUT2D eigenvalue weighted by Crippen LogP contribution is 2.39. The molecule has 14 heavy (non-hydrogen) atoms. The molecule has 0 saturated heterocycles. The largest absolute Gasteiger partial charge is 0.372 e. The Morgan fingerprint density at radius 1 is 1.29 bits per heavy atom. The second kappa shape index (κ2) is 3.67. The van der Waals surface area contributed by atoms with E-state index in [1.165, 1.54) is 6.92 Å². The van der Waals surface area contributed by atoms with Gasteiger partial charge in [0.05, 0.1) is 0 Å². The van der Waals surface area contributed by atoms with Gasteiger partial charge in [0.2, 0.25) is 9.05 Å². The Kier molecular flexibility index (Phi) is 3.59. The van der Waals surface area contributed by atoms with Gasteiger partial charge in [-0.2, -0.15) is 5.90 Å². The van der Waals surface area contributed by atoms with Crippen LogP contribution in [0.5, 0.6) is 0 Å². The Morgan fingerprint density at radius 3 is 1.71 bits per heavy atom. The van der Waals surface area contributed by atoms with Gasteiger partial charge in [0.1, 0.15) is 0 Å². The summed E-state index contributed by atoms with van der Waals surface area (Å²) in [6, 6.07) is 0. The van der Waals surface area contributed by atoms with Gasteiger partial charge >= 0.3 is 5.97 Å². The number of carbonyl (C=O) groups is 1. The van der Waals surface area contributed by atoms with Gasteiger partial charge in [0.25, 0.3) is 0 Å². The van der Waals surface area contributed by atoms with E-state index in [4.69, 9.17) is 10.7 Å². The quantitative estimate of drug-likeness (QED) is 0.572. The molecule has 0 aromatic rings. The summed E-state index contributed by atoms with van der Waals surface area (Å²) in [5.74, 6) is 3.61. The molecular formula is C7H14ClNO4S. The first-order chi connectivity index (χ1) is 5.98. The summed E-state index contributed by atoms with van der Waals surface area (Å²) in [6.45, 7) is 5.86. The fourth-order valence-electron chi connectivity index (χ4n) is 0.884. The average Bonchev–Trinajstić information content (AvgIpc) is 1.97. The van der Waals surface area contributed by atoms with Crippen LogP contribution in [-0.2, 0) is 18.7 Å². The molecule has 0 heterocycles. The Morgan fingerprint density at radius 2 is 1.64 bits per heavy atom. The lowest BCUT2D eigenvalue weighted by Crippen LogP contribution is -2.53. The first-order valence-electron chi connectivity index (χ1n) is 3.84. The first kappa shape index (κ1) is 13.7. The fraction of sp³-hybridized carbons (Fsp3) is 0.857. The summed E-state index contributed by atoms with van der Waals surface area (Å²) in [5.41, 5.74) is -0.913. The van der Waals surface area contributed by atoms with E-state index >= 15 is 0 Å². The number of hydrogen-bond acceptors (Lipinski definition) is 5. The minimum Gasteiger partial charge on any atom is -0.372 e. The van der Waals surface area contributed by atoms with Gasteiger partial charge in [-0.25, -0.2) is 13.2 Å². The molecule has 2 N–H and O–H groups in total. The number of nitrogens with two attached hydrogens (primary N) is 1. The van der Waals surface area contributed by atoms with Crippen LogP contribution in [0.4, 0.5) is 0 Å². The molecule has 0 saturated carbocycles. The molecule has 84 valence electrons. The van der Waals surface area contributed by atoms with Crippen LogP contribution >= 0.6 is 10.7 Å². The van der Waals surface area contributed by atoms with Crippen LogP contribution < -0.4 is 5.90 Å². The van der Waals surface area contributed by atoms with Gasteiger partial charge in [0.15, 0.2) is 4.75 Å². The summed E-state index contributed by atoms with van der Waals surface area (Å²) >= 11 is 0. The molecule has 0 aliphatic heterocycles. The zero-order valence-electron chi connectivity index (χ0n) is 8.50. The van der Waals surface area contributed by atoms with Crippen LogP contribution in [0, 0.1) is 5.41 Å². The van der Waals surface area contributed by atoms with E-state index in [1.807, 2.05) is 0 Å². The number of carbonyl (C=O) groups excluding carboxylic acids is 1. The van der Waals surface area contributed by atoms with E-state index in [1.54, 1.807) is 20.8 Å². The third kappa shape index (κ3) is 2.02. The van der Waals surface area contributed by atoms with Crippen molar-refractivity contribution in [1.82, 2.24) is 0 Å². The highest BCUT2D eigenvalue weighted by molar-refractivity contribution is 8.15. The first-order valence-corrected chi connectivity index (χ1v) is 6.15. The van der Waals surface area contributed by atoms with E-state index in [0.29, 0.717) is 0 Å². The molecule has 0 bridgehead atoms. The topological polar surface area (TPSA) is 86.5 Å². The minimum atomic E-state index is -4.12. The standard InChI is InChI=1S/C7H14ClNO4S/c1-6(2,3)7(4,5(10)13-9)14(8,11)12/h9H2,1-4H3. The summed E-state index contributed by atoms with van der Waals surface area (Å²) in [7, 11) is 1.10. The summed E-state index contributed by atoms with van der Waals surface area (Å²) in [4.78, 5) is 15.3. The van der Waals surface area contributed by atoms with Crippen molar-refractivity contribution in [3.05, 3.63) is 0 Å². The second-order valence-corrected chi connectivity index (χ2v) is 7.04. The normalized spacial score (nSPS) is 17.3. The molecule has 0 radical (unpaired) electrons. The van der Waals surface area contributed by atoms with Crippen molar-refractivity contribution in [1.29, 1.82) is 0 Å². The maximum atomic E-state index is 11.3. The zero-order valence-corrected chi connectivity index (χ0v) is 10.1. The van der Waals surface area contributed by atoms with Crippen molar-refractivity contribution in [2.75, 3.05) is 0 Å². The van der Waals surface area contributed by atoms with Crippen LogP contribution in [0.2, 0.25) is 0 Å². The molecule has 1 atom stereocenters. The molecule has 0 aliphatic carbocycles. The smallest absolute Gasteiger partial charge is 0.347 e. The fourth-order valence-corrected chi connectivity index (χ4v) is 2.75. The van der Waals surface area contributed by atoms with Crippen LogP contribution in [-0.4, -0.2) is 19.1 Å². The minimum absolute atomic E-state index is 0.913. The van der Waals surface area contributed by atoms with E-state index in [9.17, 15) is 13.2 Å². The van der Waals surface area contributed by atoms with Gasteiger partial charge in [-0.3, -0.25) is 0 Å². The molecule has 1 unspecified atom stereocenters. The SMILES string of the molecule is CC(C)(C)C(C)(C(=O)ON)S(=O)(=O)Cl. The van der Waals surface area contributed by atoms with Crippen molar-refractivity contribution in [2.45, 2.75) is 32.4 Å². The number of hydrogen-bond donors (Lipinski definition) is 1. The highest BCUT2D eigenvalue weighted by Gasteiger charge is 2.55. The van der Waals surface area contributed by atoms with E-state index in [-0.39, 0.29) is 0 Å². The van der Waals surface area contributed by atoms with Crippen LogP contribution in [0.15, 0.2) is 0 Å². The maximum Gasteiger partial charge on any atom is 0.347 e. The molecule has 7 heteroatoms. The molecule has 0 fully saturated rings. The van der Waals surface area contributed by atoms with E-state index in [2.05, 4.69) is 10.7 Å². The lowest BCUT2D eigenvalue weighted by molar-refractivity contribution is -0.149. The lowest BCUT2D eigenvalue weighted by atomic mass is 9.81. The molecule has 0 aromatic heterocycles. The van der Waals surface area contributed by atoms with Gasteiger partial charge < -0.3 is 4.84 Å². The van der Waals surface area contributed by atoms with Crippen molar-refractivity contribution in [3.8, 4) is 0 Å². The maximum absolute atomic E-state index is 11.3. The summed E-state index contributed by atoms with van der Waals surface area (Å²) in [6.07, 6.45) is 0. The number of halogens is 1. The van der Waals surface area contributed by atoms with Gasteiger partial charge in [-0.15, -0.1) is 0 Å². The van der Waals surface area contributed by atoms with Gasteiger partial charge in [-0.05, 0) is 12.3 Å². The Hall–Kier alpha value is -0.330. The van der Waals surface area contributed by atoms with Gasteiger partial charge in [0, 0.05) is 10.7 Å².